The lowest BCUT2D eigenvalue weighted by atomic mass is 9.75. The number of nitrogens with one attached hydrogen (secondary N) is 1. The number of fused-ring (bicyclic) bond motifs is 2. The van der Waals surface area contributed by atoms with Crippen LogP contribution in [0.2, 0.25) is 0 Å². The summed E-state index contributed by atoms with van der Waals surface area (Å²) in [5.41, 5.74) is -2.55. The summed E-state index contributed by atoms with van der Waals surface area (Å²) in [6.07, 6.45) is -2.25. The van der Waals surface area contributed by atoms with E-state index in [2.05, 4.69) is 5.32 Å². The lowest BCUT2D eigenvalue weighted by Gasteiger charge is -2.28. The topological polar surface area (TPSA) is 75.6 Å². The molecule has 1 saturated heterocycles. The van der Waals surface area contributed by atoms with E-state index in [-0.39, 0.29) is 0 Å². The zero-order chi connectivity index (χ0) is 17.7. The smallest absolute Gasteiger partial charge is 0.418 e. The minimum absolute atomic E-state index is 0.408. The van der Waals surface area contributed by atoms with Crippen LogP contribution in [0.5, 0.6) is 0 Å². The van der Waals surface area contributed by atoms with Crippen molar-refractivity contribution in [2.45, 2.75) is 24.8 Å². The molecule has 2 aliphatic heterocycles. The first-order chi connectivity index (χ1) is 11.1. The van der Waals surface area contributed by atoms with Crippen molar-refractivity contribution in [3.8, 4) is 0 Å². The highest BCUT2D eigenvalue weighted by Crippen LogP contribution is 2.47. The predicted molar refractivity (Wildman–Crippen MR) is 77.1 cm³/mol. The van der Waals surface area contributed by atoms with Gasteiger partial charge in [0.25, 0.3) is 0 Å². The lowest BCUT2D eigenvalue weighted by molar-refractivity contribution is -0.146. The molecule has 0 aromatic heterocycles. The molecule has 0 aliphatic carbocycles. The average Bonchev–Trinajstić information content (AvgIpc) is 2.99. The number of anilines is 1. The zero-order valence-corrected chi connectivity index (χ0v) is 12.5. The van der Waals surface area contributed by atoms with E-state index in [1.54, 1.807) is 19.1 Å². The highest BCUT2D eigenvalue weighted by Gasteiger charge is 2.59. The van der Waals surface area contributed by atoms with Gasteiger partial charge in [-0.3, -0.25) is 9.59 Å². The van der Waals surface area contributed by atoms with Gasteiger partial charge in [0.2, 0.25) is 5.91 Å². The maximum absolute atomic E-state index is 13.0. The van der Waals surface area contributed by atoms with Gasteiger partial charge in [0.15, 0.2) is 0 Å². The number of ether oxygens (including phenoxy) is 1. The van der Waals surface area contributed by atoms with Gasteiger partial charge in [-0.05, 0) is 19.1 Å². The Hall–Kier alpha value is -2.35. The van der Waals surface area contributed by atoms with Gasteiger partial charge < -0.3 is 15.2 Å². The molecule has 8 heteroatoms. The van der Waals surface area contributed by atoms with E-state index in [0.29, 0.717) is 0 Å². The first-order valence-electron chi connectivity index (χ1n) is 7.20. The number of amides is 1. The first-order valence-corrected chi connectivity index (χ1v) is 7.20. The third-order valence-corrected chi connectivity index (χ3v) is 4.40. The van der Waals surface area contributed by atoms with E-state index in [1.165, 1.54) is 12.1 Å². The predicted octanol–water partition coefficient (Wildman–Crippen LogP) is 2.69. The van der Waals surface area contributed by atoms with E-state index in [9.17, 15) is 27.9 Å². The number of alkyl halides is 3. The zero-order valence-electron chi connectivity index (χ0n) is 12.5. The summed E-state index contributed by atoms with van der Waals surface area (Å²) >= 11 is 0. The number of aliphatic carboxylic acids is 1. The molecule has 1 fully saturated rings. The maximum atomic E-state index is 13.0. The van der Waals surface area contributed by atoms with Crippen molar-refractivity contribution in [3.05, 3.63) is 42.0 Å². The fraction of sp³-hybridized carbons (Fsp3) is 0.375. The Morgan fingerprint density at radius 3 is 2.58 bits per heavy atom. The molecule has 5 nitrogen and oxygen atoms in total. The number of benzene rings is 1. The molecular formula is C16H14F3NO4. The standard InChI is InChI=1S/C16H14F3NO4/c1-15-7-6-10(24-15)11(14(22)23)12(15)13(21)20-9-5-3-2-4-8(9)16(17,18)19/h2-7,10-12H,1H3,(H,20,21)(H,22,23)/t10-,11+,12+,15+/m1/s1. The number of rotatable bonds is 3. The van der Waals surface area contributed by atoms with Gasteiger partial charge in [0, 0.05) is 0 Å². The molecular weight excluding hydrogens is 327 g/mol. The van der Waals surface area contributed by atoms with Crippen molar-refractivity contribution in [3.63, 3.8) is 0 Å². The van der Waals surface area contributed by atoms with Gasteiger partial charge >= 0.3 is 12.1 Å². The summed E-state index contributed by atoms with van der Waals surface area (Å²) < 4.78 is 44.6. The molecule has 3 rings (SSSR count). The number of hydrogen-bond acceptors (Lipinski definition) is 3. The van der Waals surface area contributed by atoms with Crippen molar-refractivity contribution < 1.29 is 32.6 Å². The normalized spacial score (nSPS) is 31.2. The average molecular weight is 341 g/mol. The van der Waals surface area contributed by atoms with Crippen LogP contribution >= 0.6 is 0 Å². The minimum Gasteiger partial charge on any atom is -0.481 e. The third-order valence-electron chi connectivity index (χ3n) is 4.40. The Balaban J connectivity index is 1.91. The number of halogens is 3. The molecule has 0 unspecified atom stereocenters. The molecule has 2 heterocycles. The molecule has 0 radical (unpaired) electrons. The van der Waals surface area contributed by atoms with Crippen molar-refractivity contribution in [2.75, 3.05) is 5.32 Å². The Bertz CT molecular complexity index is 730. The van der Waals surface area contributed by atoms with E-state index in [1.807, 2.05) is 0 Å². The number of carboxylic acid groups (broad SMARTS) is 1. The molecule has 128 valence electrons. The van der Waals surface area contributed by atoms with Crippen molar-refractivity contribution >= 4 is 17.6 Å². The summed E-state index contributed by atoms with van der Waals surface area (Å²) in [4.78, 5) is 24.0. The van der Waals surface area contributed by atoms with Crippen LogP contribution in [0.15, 0.2) is 36.4 Å². The summed E-state index contributed by atoms with van der Waals surface area (Å²) in [5, 5.41) is 11.6. The summed E-state index contributed by atoms with van der Waals surface area (Å²) in [7, 11) is 0. The first kappa shape index (κ1) is 16.5. The van der Waals surface area contributed by atoms with Crippen molar-refractivity contribution in [2.24, 2.45) is 11.8 Å². The maximum Gasteiger partial charge on any atom is 0.418 e. The molecule has 2 bridgehead atoms. The number of carbonyl (C=O) groups excluding carboxylic acids is 1. The molecule has 2 aliphatic rings. The van der Waals surface area contributed by atoms with E-state index >= 15 is 0 Å². The number of carboxylic acids is 1. The second-order valence-electron chi connectivity index (χ2n) is 6.00. The fourth-order valence-corrected chi connectivity index (χ4v) is 3.33. The molecule has 1 aromatic carbocycles. The van der Waals surface area contributed by atoms with Gasteiger partial charge in [0.1, 0.15) is 5.92 Å². The summed E-state index contributed by atoms with van der Waals surface area (Å²) in [6.45, 7) is 1.55. The van der Waals surface area contributed by atoms with E-state index in [0.717, 1.165) is 12.1 Å². The number of para-hydroxylation sites is 1. The van der Waals surface area contributed by atoms with Crippen LogP contribution < -0.4 is 5.32 Å². The van der Waals surface area contributed by atoms with Crippen LogP contribution in [0.4, 0.5) is 18.9 Å². The largest absolute Gasteiger partial charge is 0.481 e. The van der Waals surface area contributed by atoms with E-state index in [4.69, 9.17) is 4.74 Å². The monoisotopic (exact) mass is 341 g/mol. The third kappa shape index (κ3) is 2.56. The Kier molecular flexibility index (Phi) is 3.67. The van der Waals surface area contributed by atoms with Crippen LogP contribution in [-0.2, 0) is 20.5 Å². The van der Waals surface area contributed by atoms with Crippen molar-refractivity contribution in [1.82, 2.24) is 0 Å². The quantitative estimate of drug-likeness (QED) is 0.829. The highest BCUT2D eigenvalue weighted by atomic mass is 19.4. The van der Waals surface area contributed by atoms with E-state index < -0.39 is 52.8 Å². The van der Waals surface area contributed by atoms with Crippen LogP contribution in [0.3, 0.4) is 0 Å². The molecule has 0 saturated carbocycles. The minimum atomic E-state index is -4.63. The molecule has 24 heavy (non-hydrogen) atoms. The molecule has 0 spiro atoms. The molecule has 4 atom stereocenters. The Morgan fingerprint density at radius 1 is 1.29 bits per heavy atom. The number of hydrogen-bond donors (Lipinski definition) is 2. The SMILES string of the molecule is C[C@@]12C=C[C@@H](O1)[C@H](C(=O)O)[C@H]2C(=O)Nc1ccccc1C(F)(F)F. The van der Waals surface area contributed by atoms with Crippen LogP contribution in [0, 0.1) is 11.8 Å². The van der Waals surface area contributed by atoms with Crippen LogP contribution in [0.1, 0.15) is 12.5 Å². The summed E-state index contributed by atoms with van der Waals surface area (Å²) in [5.74, 6) is -4.30. The van der Waals surface area contributed by atoms with Crippen LogP contribution in [-0.4, -0.2) is 28.7 Å². The molecule has 1 amide bonds. The molecule has 2 N–H and O–H groups in total. The van der Waals surface area contributed by atoms with Gasteiger partial charge in [0.05, 0.1) is 28.9 Å². The Morgan fingerprint density at radius 2 is 1.96 bits per heavy atom. The van der Waals surface area contributed by atoms with Gasteiger partial charge in [-0.25, -0.2) is 0 Å². The summed E-state index contributed by atoms with van der Waals surface area (Å²) in [6, 6.07) is 4.55. The van der Waals surface area contributed by atoms with Gasteiger partial charge in [-0.15, -0.1) is 0 Å². The second kappa shape index (κ2) is 5.34. The van der Waals surface area contributed by atoms with Crippen LogP contribution in [0.25, 0.3) is 0 Å². The number of carbonyl (C=O) groups is 2. The fourth-order valence-electron chi connectivity index (χ4n) is 3.33. The Labute approximate surface area is 135 Å². The van der Waals surface area contributed by atoms with Gasteiger partial charge in [-0.2, -0.15) is 13.2 Å². The highest BCUT2D eigenvalue weighted by molar-refractivity contribution is 5.97. The second-order valence-corrected chi connectivity index (χ2v) is 6.00. The van der Waals surface area contributed by atoms with Crippen molar-refractivity contribution in [1.29, 1.82) is 0 Å². The lowest BCUT2D eigenvalue weighted by Crippen LogP contribution is -2.44. The molecule has 1 aromatic rings. The van der Waals surface area contributed by atoms with Gasteiger partial charge in [-0.1, -0.05) is 24.3 Å².